The van der Waals surface area contributed by atoms with E-state index in [0.717, 1.165) is 6.42 Å². The molecule has 2 aromatic heterocycles. The third-order valence-electron chi connectivity index (χ3n) is 2.59. The molecule has 17 heavy (non-hydrogen) atoms. The summed E-state index contributed by atoms with van der Waals surface area (Å²) in [6, 6.07) is 3.63. The molecular formula is C12H15N3OS. The summed E-state index contributed by atoms with van der Waals surface area (Å²) in [5, 5.41) is 11.1. The number of rotatable bonds is 5. The minimum absolute atomic E-state index is 0.00364. The van der Waals surface area contributed by atoms with Gasteiger partial charge in [-0.15, -0.1) is 0 Å². The second-order valence-corrected chi connectivity index (χ2v) is 4.61. The smallest absolute Gasteiger partial charge is 0.244 e. The van der Waals surface area contributed by atoms with Crippen molar-refractivity contribution in [3.8, 4) is 0 Å². The van der Waals surface area contributed by atoms with Gasteiger partial charge in [-0.1, -0.05) is 0 Å². The Morgan fingerprint density at radius 3 is 3.18 bits per heavy atom. The van der Waals surface area contributed by atoms with Gasteiger partial charge in [0.2, 0.25) is 5.91 Å². The molecule has 0 spiro atoms. The minimum atomic E-state index is -0.257. The highest BCUT2D eigenvalue weighted by Gasteiger charge is 2.13. The Kier molecular flexibility index (Phi) is 3.93. The maximum atomic E-state index is 11.8. The van der Waals surface area contributed by atoms with Crippen LogP contribution in [0.4, 0.5) is 0 Å². The van der Waals surface area contributed by atoms with Gasteiger partial charge in [0.15, 0.2) is 0 Å². The first-order valence-corrected chi connectivity index (χ1v) is 6.49. The van der Waals surface area contributed by atoms with Gasteiger partial charge in [0, 0.05) is 18.9 Å². The molecule has 0 unspecified atom stereocenters. The number of aromatic nitrogens is 2. The Bertz CT molecular complexity index is 450. The molecule has 0 aliphatic heterocycles. The van der Waals surface area contributed by atoms with Crippen LogP contribution in [0.25, 0.3) is 0 Å². The molecule has 2 heterocycles. The van der Waals surface area contributed by atoms with Gasteiger partial charge in [-0.25, -0.2) is 0 Å². The summed E-state index contributed by atoms with van der Waals surface area (Å²) in [6.45, 7) is 2.51. The average Bonchev–Trinajstić information content (AvgIpc) is 3.00. The van der Waals surface area contributed by atoms with Crippen molar-refractivity contribution in [2.45, 2.75) is 19.4 Å². The summed E-state index contributed by atoms with van der Waals surface area (Å²) in [6.07, 6.45) is 4.35. The zero-order valence-corrected chi connectivity index (χ0v) is 10.5. The van der Waals surface area contributed by atoms with Gasteiger partial charge >= 0.3 is 0 Å². The van der Waals surface area contributed by atoms with E-state index in [4.69, 9.17) is 0 Å². The van der Waals surface area contributed by atoms with E-state index in [-0.39, 0.29) is 11.9 Å². The first-order valence-electron chi connectivity index (χ1n) is 5.55. The number of thiophene rings is 1. The predicted molar refractivity (Wildman–Crippen MR) is 68.0 cm³/mol. The van der Waals surface area contributed by atoms with Crippen LogP contribution in [0.1, 0.15) is 18.5 Å². The number of carbonyl (C=O) groups is 1. The van der Waals surface area contributed by atoms with Gasteiger partial charge in [-0.05, 0) is 41.8 Å². The minimum Gasteiger partial charge on any atom is -0.354 e. The van der Waals surface area contributed by atoms with E-state index < -0.39 is 0 Å². The molecule has 1 N–H and O–H groups in total. The fraction of sp³-hybridized carbons (Fsp3) is 0.333. The van der Waals surface area contributed by atoms with Crippen LogP contribution < -0.4 is 5.32 Å². The molecule has 0 saturated carbocycles. The van der Waals surface area contributed by atoms with Crippen molar-refractivity contribution in [3.05, 3.63) is 40.8 Å². The van der Waals surface area contributed by atoms with Crippen molar-refractivity contribution in [2.75, 3.05) is 6.54 Å². The van der Waals surface area contributed by atoms with Gasteiger partial charge in [-0.2, -0.15) is 16.4 Å². The van der Waals surface area contributed by atoms with Crippen LogP contribution in [-0.4, -0.2) is 22.2 Å². The second-order valence-electron chi connectivity index (χ2n) is 3.83. The van der Waals surface area contributed by atoms with Gasteiger partial charge < -0.3 is 5.32 Å². The van der Waals surface area contributed by atoms with Crippen LogP contribution >= 0.6 is 11.3 Å². The highest BCUT2D eigenvalue weighted by atomic mass is 32.1. The lowest BCUT2D eigenvalue weighted by Gasteiger charge is -2.12. The number of hydrogen-bond acceptors (Lipinski definition) is 3. The van der Waals surface area contributed by atoms with Gasteiger partial charge in [0.1, 0.15) is 6.04 Å². The van der Waals surface area contributed by atoms with Gasteiger partial charge in [0.25, 0.3) is 0 Å². The summed E-state index contributed by atoms with van der Waals surface area (Å²) in [5.41, 5.74) is 1.27. The van der Waals surface area contributed by atoms with E-state index in [1.165, 1.54) is 5.56 Å². The number of nitrogens with one attached hydrogen (secondary N) is 1. The molecule has 0 fully saturated rings. The van der Waals surface area contributed by atoms with Crippen LogP contribution in [0, 0.1) is 0 Å². The van der Waals surface area contributed by atoms with E-state index in [2.05, 4.69) is 21.9 Å². The number of carbonyl (C=O) groups excluding carboxylic acids is 1. The van der Waals surface area contributed by atoms with Gasteiger partial charge in [0.05, 0.1) is 0 Å². The summed E-state index contributed by atoms with van der Waals surface area (Å²) in [4.78, 5) is 11.8. The highest BCUT2D eigenvalue weighted by Crippen LogP contribution is 2.06. The quantitative estimate of drug-likeness (QED) is 0.879. The van der Waals surface area contributed by atoms with Crippen molar-refractivity contribution in [1.82, 2.24) is 15.1 Å². The molecule has 1 atom stereocenters. The maximum absolute atomic E-state index is 11.8. The van der Waals surface area contributed by atoms with Crippen molar-refractivity contribution < 1.29 is 4.79 Å². The topological polar surface area (TPSA) is 46.9 Å². The molecule has 2 aromatic rings. The van der Waals surface area contributed by atoms with Crippen LogP contribution in [0.2, 0.25) is 0 Å². The van der Waals surface area contributed by atoms with Crippen LogP contribution in [0.5, 0.6) is 0 Å². The molecule has 90 valence electrons. The maximum Gasteiger partial charge on any atom is 0.244 e. The first kappa shape index (κ1) is 11.9. The monoisotopic (exact) mass is 249 g/mol. The fourth-order valence-corrected chi connectivity index (χ4v) is 2.25. The average molecular weight is 249 g/mol. The molecule has 0 aliphatic rings. The zero-order valence-electron chi connectivity index (χ0n) is 9.67. The summed E-state index contributed by atoms with van der Waals surface area (Å²) in [5.74, 6) is 0.00364. The summed E-state index contributed by atoms with van der Waals surface area (Å²) < 4.78 is 1.65. The Hall–Kier alpha value is -1.62. The lowest BCUT2D eigenvalue weighted by molar-refractivity contribution is -0.124. The number of nitrogens with zero attached hydrogens (tertiary/aromatic N) is 2. The Morgan fingerprint density at radius 1 is 1.65 bits per heavy atom. The highest BCUT2D eigenvalue weighted by molar-refractivity contribution is 7.07. The molecule has 1 amide bonds. The zero-order chi connectivity index (χ0) is 12.1. The van der Waals surface area contributed by atoms with E-state index in [1.807, 2.05) is 18.4 Å². The SMILES string of the molecule is C[C@@H](C(=O)NCCc1ccsc1)n1cccn1. The first-order chi connectivity index (χ1) is 8.27. The molecule has 0 saturated heterocycles. The van der Waals surface area contributed by atoms with Crippen molar-refractivity contribution in [2.24, 2.45) is 0 Å². The molecular weight excluding hydrogens is 234 g/mol. The number of amides is 1. The molecule has 0 bridgehead atoms. The van der Waals surface area contributed by atoms with E-state index >= 15 is 0 Å². The third-order valence-corrected chi connectivity index (χ3v) is 3.33. The van der Waals surface area contributed by atoms with Gasteiger partial charge in [-0.3, -0.25) is 9.48 Å². The summed E-state index contributed by atoms with van der Waals surface area (Å²) in [7, 11) is 0. The largest absolute Gasteiger partial charge is 0.354 e. The van der Waals surface area contributed by atoms with Crippen molar-refractivity contribution in [3.63, 3.8) is 0 Å². The molecule has 4 nitrogen and oxygen atoms in total. The van der Waals surface area contributed by atoms with E-state index in [0.29, 0.717) is 6.54 Å². The molecule has 2 rings (SSSR count). The van der Waals surface area contributed by atoms with Crippen molar-refractivity contribution >= 4 is 17.2 Å². The second kappa shape index (κ2) is 5.63. The fourth-order valence-electron chi connectivity index (χ4n) is 1.54. The molecule has 0 aliphatic carbocycles. The summed E-state index contributed by atoms with van der Waals surface area (Å²) >= 11 is 1.68. The lowest BCUT2D eigenvalue weighted by Crippen LogP contribution is -2.32. The normalized spacial score (nSPS) is 12.3. The van der Waals surface area contributed by atoms with E-state index in [9.17, 15) is 4.79 Å². The Balaban J connectivity index is 1.77. The predicted octanol–water partition coefficient (Wildman–Crippen LogP) is 1.86. The van der Waals surface area contributed by atoms with E-state index in [1.54, 1.807) is 28.4 Å². The molecule has 5 heteroatoms. The van der Waals surface area contributed by atoms with Crippen LogP contribution in [-0.2, 0) is 11.2 Å². The molecule has 0 aromatic carbocycles. The standard InChI is InChI=1S/C12H15N3OS/c1-10(15-7-2-5-14-15)12(16)13-6-3-11-4-8-17-9-11/h2,4-5,7-10H,3,6H2,1H3,(H,13,16)/t10-/m0/s1. The molecule has 0 radical (unpaired) electrons. The lowest BCUT2D eigenvalue weighted by atomic mass is 10.2. The van der Waals surface area contributed by atoms with Crippen LogP contribution in [0.3, 0.4) is 0 Å². The Morgan fingerprint density at radius 2 is 2.53 bits per heavy atom. The van der Waals surface area contributed by atoms with Crippen LogP contribution in [0.15, 0.2) is 35.3 Å². The Labute approximate surface area is 104 Å². The number of hydrogen-bond donors (Lipinski definition) is 1. The van der Waals surface area contributed by atoms with Crippen molar-refractivity contribution in [1.29, 1.82) is 0 Å². The third kappa shape index (κ3) is 3.17.